The van der Waals surface area contributed by atoms with Crippen LogP contribution in [0.25, 0.3) is 5.78 Å². The number of halogens is 7. The molecule has 2 aromatic rings. The van der Waals surface area contributed by atoms with E-state index in [1.54, 1.807) is 22.9 Å². The Kier molecular flexibility index (Phi) is 7.19. The zero-order valence-electron chi connectivity index (χ0n) is 22.6. The Hall–Kier alpha value is -2.93. The van der Waals surface area contributed by atoms with Gasteiger partial charge in [-0.25, -0.2) is 27.5 Å². The number of carbonyl (C=O) groups excluding carboxylic acids is 2. The number of hydrogen-bond acceptors (Lipinski definition) is 4. The molecule has 4 aliphatic rings. The van der Waals surface area contributed by atoms with Crippen LogP contribution in [0.2, 0.25) is 0 Å². The third-order valence-electron chi connectivity index (χ3n) is 9.14. The summed E-state index contributed by atoms with van der Waals surface area (Å²) in [4.78, 5) is 34.6. The summed E-state index contributed by atoms with van der Waals surface area (Å²) in [5.41, 5.74) is 0.837. The van der Waals surface area contributed by atoms with E-state index < -0.39 is 66.6 Å². The van der Waals surface area contributed by atoms with Gasteiger partial charge in [0, 0.05) is 44.5 Å². The van der Waals surface area contributed by atoms with Gasteiger partial charge in [-0.2, -0.15) is 13.2 Å². The lowest BCUT2D eigenvalue weighted by molar-refractivity contribution is -0.155. The van der Waals surface area contributed by atoms with Gasteiger partial charge in [-0.1, -0.05) is 0 Å². The minimum atomic E-state index is -4.48. The van der Waals surface area contributed by atoms with E-state index in [9.17, 15) is 40.3 Å². The quantitative estimate of drug-likeness (QED) is 0.349. The van der Waals surface area contributed by atoms with Gasteiger partial charge in [-0.15, -0.1) is 0 Å². The predicted molar refractivity (Wildman–Crippen MR) is 134 cm³/mol. The topological polar surface area (TPSA) is 88.4 Å². The number of alkyl halides is 7. The number of nitrogens with one attached hydrogen (secondary N) is 2. The third-order valence-corrected chi connectivity index (χ3v) is 9.14. The van der Waals surface area contributed by atoms with Crippen molar-refractivity contribution < 1.29 is 40.3 Å². The van der Waals surface area contributed by atoms with Gasteiger partial charge >= 0.3 is 6.18 Å². The smallest absolute Gasteiger partial charge is 0.347 e. The summed E-state index contributed by atoms with van der Waals surface area (Å²) < 4.78 is 95.1. The van der Waals surface area contributed by atoms with Gasteiger partial charge in [0.05, 0.1) is 35.3 Å². The molecular weight excluding hydrogens is 571 g/mol. The van der Waals surface area contributed by atoms with Crippen molar-refractivity contribution in [1.82, 2.24) is 25.0 Å². The van der Waals surface area contributed by atoms with E-state index in [1.807, 2.05) is 0 Å². The van der Waals surface area contributed by atoms with Gasteiger partial charge in [0.1, 0.15) is 0 Å². The lowest BCUT2D eigenvalue weighted by atomic mass is 9.79. The molecule has 4 fully saturated rings. The van der Waals surface area contributed by atoms with Crippen LogP contribution < -0.4 is 10.6 Å². The molecule has 4 atom stereocenters. The number of amides is 2. The Morgan fingerprint density at radius 1 is 0.929 bits per heavy atom. The van der Waals surface area contributed by atoms with Crippen LogP contribution in [0, 0.1) is 29.6 Å². The van der Waals surface area contributed by atoms with E-state index in [4.69, 9.17) is 0 Å². The minimum Gasteiger partial charge on any atom is -0.347 e. The highest BCUT2D eigenvalue weighted by atomic mass is 19.4. The summed E-state index contributed by atoms with van der Waals surface area (Å²) in [6.07, 6.45) is -1.07. The van der Waals surface area contributed by atoms with Crippen LogP contribution in [0.4, 0.5) is 30.7 Å². The van der Waals surface area contributed by atoms with Crippen molar-refractivity contribution in [3.63, 3.8) is 0 Å². The molecule has 0 bridgehead atoms. The lowest BCUT2D eigenvalue weighted by Crippen LogP contribution is -2.39. The summed E-state index contributed by atoms with van der Waals surface area (Å²) in [6.45, 7) is 0. The van der Waals surface area contributed by atoms with E-state index in [0.717, 1.165) is 12.8 Å². The summed E-state index contributed by atoms with van der Waals surface area (Å²) in [7, 11) is 0. The maximum Gasteiger partial charge on any atom is 0.392 e. The molecule has 6 rings (SSSR count). The average molecular weight is 604 g/mol. The number of rotatable bonds is 9. The normalized spacial score (nSPS) is 27.2. The molecule has 4 saturated carbocycles. The molecule has 2 heterocycles. The van der Waals surface area contributed by atoms with Gasteiger partial charge in [0.2, 0.25) is 29.4 Å². The fourth-order valence-electron chi connectivity index (χ4n) is 6.45. The Morgan fingerprint density at radius 3 is 2.14 bits per heavy atom. The Balaban J connectivity index is 1.20. The average Bonchev–Trinajstić information content (AvgIpc) is 3.80. The largest absolute Gasteiger partial charge is 0.392 e. The zero-order chi connectivity index (χ0) is 30.0. The van der Waals surface area contributed by atoms with Crippen molar-refractivity contribution in [2.75, 3.05) is 0 Å². The second-order valence-corrected chi connectivity index (χ2v) is 12.6. The number of hydrogen-bond donors (Lipinski definition) is 2. The molecule has 7 nitrogen and oxygen atoms in total. The van der Waals surface area contributed by atoms with Crippen LogP contribution in [0.3, 0.4) is 0 Å². The molecule has 0 aliphatic heterocycles. The molecule has 2 aromatic heterocycles. The van der Waals surface area contributed by atoms with Crippen LogP contribution in [0.1, 0.15) is 87.7 Å². The summed E-state index contributed by atoms with van der Waals surface area (Å²) in [5, 5.41) is 5.62. The third kappa shape index (κ3) is 6.36. The number of nitrogens with zero attached hydrogens (tertiary/aromatic N) is 3. The molecular formula is C28H32F7N5O2. The highest BCUT2D eigenvalue weighted by molar-refractivity contribution is 5.82. The van der Waals surface area contributed by atoms with Gasteiger partial charge in [-0.05, 0) is 55.9 Å². The lowest BCUT2D eigenvalue weighted by Gasteiger charge is -2.34. The molecule has 0 spiro atoms. The monoisotopic (exact) mass is 603 g/mol. The highest BCUT2D eigenvalue weighted by Crippen LogP contribution is 2.51. The number of fused-ring (bicyclic) bond motifs is 1. The highest BCUT2D eigenvalue weighted by Gasteiger charge is 2.59. The predicted octanol–water partition coefficient (Wildman–Crippen LogP) is 5.91. The first-order chi connectivity index (χ1) is 19.7. The Bertz CT molecular complexity index is 1340. The van der Waals surface area contributed by atoms with Gasteiger partial charge < -0.3 is 10.6 Å². The van der Waals surface area contributed by atoms with Gasteiger partial charge in [0.15, 0.2) is 0 Å². The van der Waals surface area contributed by atoms with E-state index in [0.29, 0.717) is 11.4 Å². The van der Waals surface area contributed by atoms with Crippen LogP contribution in [-0.2, 0) is 9.59 Å². The van der Waals surface area contributed by atoms with E-state index >= 15 is 0 Å². The van der Waals surface area contributed by atoms with Crippen molar-refractivity contribution >= 4 is 17.6 Å². The maximum absolute atomic E-state index is 13.9. The van der Waals surface area contributed by atoms with E-state index in [1.165, 1.54) is 0 Å². The molecule has 2 amide bonds. The fourth-order valence-corrected chi connectivity index (χ4v) is 6.45. The molecule has 42 heavy (non-hydrogen) atoms. The van der Waals surface area contributed by atoms with Crippen molar-refractivity contribution in [3.05, 3.63) is 29.8 Å². The number of imidazole rings is 1. The van der Waals surface area contributed by atoms with Crippen molar-refractivity contribution in [3.8, 4) is 0 Å². The van der Waals surface area contributed by atoms with Crippen LogP contribution in [0.5, 0.6) is 0 Å². The number of aromatic nitrogens is 3. The first-order valence-corrected chi connectivity index (χ1v) is 14.5. The number of carbonyl (C=O) groups is 2. The summed E-state index contributed by atoms with van der Waals surface area (Å²) in [6, 6.07) is 0.396. The second kappa shape index (κ2) is 10.4. The summed E-state index contributed by atoms with van der Waals surface area (Å²) >= 11 is 0. The molecule has 0 saturated heterocycles. The first-order valence-electron chi connectivity index (χ1n) is 14.5. The standard InChI is InChI=1S/C28H32F7N5O2/c29-26(30)6-3-16(4-7-26)23(39-24(42)17-10-18(17)28(33,34)35)20-13-40-8-5-19(36-25(40)37-20)22(15-1-2-15)38-21(41)9-14-11-27(31,32)12-14/h5,8,13-18,22-23H,1-4,6-7,9-12H2,(H,38,41)(H,39,42)/t17?,18?,22-,23+/m1/s1. The zero-order valence-corrected chi connectivity index (χ0v) is 22.6. The van der Waals surface area contributed by atoms with Crippen molar-refractivity contribution in [1.29, 1.82) is 0 Å². The first kappa shape index (κ1) is 29.2. The molecule has 2 N–H and O–H groups in total. The van der Waals surface area contributed by atoms with Gasteiger partial charge in [-0.3, -0.25) is 14.0 Å². The van der Waals surface area contributed by atoms with Crippen LogP contribution in [0.15, 0.2) is 18.5 Å². The Morgan fingerprint density at radius 2 is 1.55 bits per heavy atom. The van der Waals surface area contributed by atoms with Crippen LogP contribution >= 0.6 is 0 Å². The van der Waals surface area contributed by atoms with Crippen LogP contribution in [-0.4, -0.2) is 44.2 Å². The van der Waals surface area contributed by atoms with E-state index in [-0.39, 0.29) is 62.0 Å². The molecule has 2 unspecified atom stereocenters. The fraction of sp³-hybridized carbons (Fsp3) is 0.714. The van der Waals surface area contributed by atoms with Crippen molar-refractivity contribution in [2.24, 2.45) is 29.6 Å². The molecule has 230 valence electrons. The van der Waals surface area contributed by atoms with E-state index in [2.05, 4.69) is 20.6 Å². The van der Waals surface area contributed by atoms with Gasteiger partial charge in [0.25, 0.3) is 0 Å². The molecule has 14 heteroatoms. The van der Waals surface area contributed by atoms with Crippen molar-refractivity contribution in [2.45, 2.75) is 94.3 Å². The Labute approximate surface area is 237 Å². The SMILES string of the molecule is O=C(CC1CC(F)(F)C1)N[C@@H](c1ccn2cc([C@@H](NC(=O)C3CC3C(F)(F)F)C3CCC(F)(F)CC3)nc2n1)C1CC1. The molecule has 0 radical (unpaired) electrons. The second-order valence-electron chi connectivity index (χ2n) is 12.6. The molecule has 0 aromatic carbocycles. The maximum atomic E-state index is 13.9. The molecule has 4 aliphatic carbocycles. The summed E-state index contributed by atoms with van der Waals surface area (Å²) in [5.74, 6) is -10.0. The minimum absolute atomic E-state index is 0.00653.